The quantitative estimate of drug-likeness (QED) is 0.844. The Hall–Kier alpha value is -1.82. The van der Waals surface area contributed by atoms with Gasteiger partial charge >= 0.3 is 6.03 Å². The van der Waals surface area contributed by atoms with Gasteiger partial charge in [0.2, 0.25) is 0 Å². The molecule has 1 saturated heterocycles. The SMILES string of the molecule is CCCN(CCO)C(=O)NC1CCN(c2cccc(F)c2)CC1. The van der Waals surface area contributed by atoms with Crippen molar-refractivity contribution < 1.29 is 14.3 Å². The molecule has 1 fully saturated rings. The first kappa shape index (κ1) is 17.5. The maximum absolute atomic E-state index is 13.3. The summed E-state index contributed by atoms with van der Waals surface area (Å²) >= 11 is 0. The number of carbonyl (C=O) groups excluding carboxylic acids is 1. The average Bonchev–Trinajstić information content (AvgIpc) is 2.55. The van der Waals surface area contributed by atoms with E-state index >= 15 is 0 Å². The normalized spacial score (nSPS) is 15.5. The van der Waals surface area contributed by atoms with Gasteiger partial charge in [0.1, 0.15) is 5.82 Å². The molecule has 1 aromatic carbocycles. The van der Waals surface area contributed by atoms with Crippen molar-refractivity contribution in [3.8, 4) is 0 Å². The molecule has 0 aliphatic carbocycles. The van der Waals surface area contributed by atoms with Crippen LogP contribution in [-0.2, 0) is 0 Å². The van der Waals surface area contributed by atoms with Crippen molar-refractivity contribution in [3.63, 3.8) is 0 Å². The summed E-state index contributed by atoms with van der Waals surface area (Å²) in [5, 5.41) is 12.1. The van der Waals surface area contributed by atoms with E-state index in [0.29, 0.717) is 13.1 Å². The van der Waals surface area contributed by atoms with Crippen molar-refractivity contribution in [2.24, 2.45) is 0 Å². The van der Waals surface area contributed by atoms with Gasteiger partial charge in [-0.05, 0) is 37.5 Å². The molecule has 1 aliphatic heterocycles. The first-order valence-electron chi connectivity index (χ1n) is 8.31. The summed E-state index contributed by atoms with van der Waals surface area (Å²) in [6.45, 7) is 4.58. The van der Waals surface area contributed by atoms with E-state index in [0.717, 1.165) is 38.0 Å². The zero-order valence-electron chi connectivity index (χ0n) is 13.7. The first-order valence-corrected chi connectivity index (χ1v) is 8.31. The maximum atomic E-state index is 13.3. The molecule has 1 aliphatic rings. The highest BCUT2D eigenvalue weighted by atomic mass is 19.1. The van der Waals surface area contributed by atoms with Gasteiger partial charge in [0.05, 0.1) is 6.61 Å². The summed E-state index contributed by atoms with van der Waals surface area (Å²) < 4.78 is 13.3. The number of urea groups is 1. The lowest BCUT2D eigenvalue weighted by Gasteiger charge is -2.35. The molecule has 1 aromatic rings. The van der Waals surface area contributed by atoms with Gasteiger partial charge in [0.25, 0.3) is 0 Å². The summed E-state index contributed by atoms with van der Waals surface area (Å²) in [5.41, 5.74) is 0.891. The van der Waals surface area contributed by atoms with Crippen LogP contribution in [0.1, 0.15) is 26.2 Å². The Bertz CT molecular complexity index is 498. The molecule has 0 spiro atoms. The Morgan fingerprint density at radius 2 is 2.13 bits per heavy atom. The standard InChI is InChI=1S/C17H26FN3O2/c1-2-8-21(11-12-22)17(23)19-15-6-9-20(10-7-15)16-5-3-4-14(18)13-16/h3-5,13,15,22H,2,6-12H2,1H3,(H,19,23). The summed E-state index contributed by atoms with van der Waals surface area (Å²) in [6.07, 6.45) is 2.54. The molecule has 128 valence electrons. The van der Waals surface area contributed by atoms with Gasteiger partial charge < -0.3 is 20.2 Å². The number of benzene rings is 1. The van der Waals surface area contributed by atoms with Crippen LogP contribution in [-0.4, -0.2) is 54.9 Å². The summed E-state index contributed by atoms with van der Waals surface area (Å²) in [5.74, 6) is -0.225. The van der Waals surface area contributed by atoms with Gasteiger partial charge in [-0.3, -0.25) is 0 Å². The van der Waals surface area contributed by atoms with Crippen LogP contribution in [0.5, 0.6) is 0 Å². The van der Waals surface area contributed by atoms with E-state index in [2.05, 4.69) is 10.2 Å². The number of aliphatic hydroxyl groups excluding tert-OH is 1. The van der Waals surface area contributed by atoms with Gasteiger partial charge in [-0.25, -0.2) is 9.18 Å². The number of carbonyl (C=O) groups is 1. The number of piperidine rings is 1. The van der Waals surface area contributed by atoms with Crippen LogP contribution in [0, 0.1) is 5.82 Å². The summed E-state index contributed by atoms with van der Waals surface area (Å²) in [4.78, 5) is 16.0. The number of rotatable bonds is 6. The zero-order valence-corrected chi connectivity index (χ0v) is 13.7. The Morgan fingerprint density at radius 3 is 2.74 bits per heavy atom. The molecule has 0 saturated carbocycles. The number of hydrogen-bond donors (Lipinski definition) is 2. The maximum Gasteiger partial charge on any atom is 0.317 e. The summed E-state index contributed by atoms with van der Waals surface area (Å²) in [7, 11) is 0. The van der Waals surface area contributed by atoms with E-state index in [-0.39, 0.29) is 24.5 Å². The van der Waals surface area contributed by atoms with E-state index in [4.69, 9.17) is 5.11 Å². The Kier molecular flexibility index (Phi) is 6.65. The molecule has 2 amide bonds. The third-order valence-electron chi connectivity index (χ3n) is 4.15. The zero-order chi connectivity index (χ0) is 16.7. The molecule has 0 radical (unpaired) electrons. The minimum absolute atomic E-state index is 0.0224. The molecule has 2 N–H and O–H groups in total. The van der Waals surface area contributed by atoms with Crippen molar-refractivity contribution >= 4 is 11.7 Å². The fraction of sp³-hybridized carbons (Fsp3) is 0.588. The lowest BCUT2D eigenvalue weighted by Crippen LogP contribution is -2.50. The van der Waals surface area contributed by atoms with Gasteiger partial charge in [-0.2, -0.15) is 0 Å². The average molecular weight is 323 g/mol. The lowest BCUT2D eigenvalue weighted by molar-refractivity contribution is 0.172. The van der Waals surface area contributed by atoms with E-state index < -0.39 is 0 Å². The number of amides is 2. The lowest BCUT2D eigenvalue weighted by atomic mass is 10.0. The van der Waals surface area contributed by atoms with Crippen molar-refractivity contribution in [3.05, 3.63) is 30.1 Å². The van der Waals surface area contributed by atoms with Gasteiger partial charge in [0, 0.05) is 37.9 Å². The molecule has 2 rings (SSSR count). The van der Waals surface area contributed by atoms with E-state index in [1.54, 1.807) is 17.0 Å². The highest BCUT2D eigenvalue weighted by Gasteiger charge is 2.23. The van der Waals surface area contributed by atoms with Crippen LogP contribution in [0.25, 0.3) is 0 Å². The molecular weight excluding hydrogens is 297 g/mol. The molecule has 0 aromatic heterocycles. The number of aliphatic hydroxyl groups is 1. The van der Waals surface area contributed by atoms with E-state index in [1.807, 2.05) is 13.0 Å². The molecular formula is C17H26FN3O2. The minimum Gasteiger partial charge on any atom is -0.395 e. The molecule has 0 bridgehead atoms. The molecule has 5 nitrogen and oxygen atoms in total. The van der Waals surface area contributed by atoms with Crippen molar-refractivity contribution in [2.75, 3.05) is 37.7 Å². The largest absolute Gasteiger partial charge is 0.395 e. The Balaban J connectivity index is 1.83. The smallest absolute Gasteiger partial charge is 0.317 e. The fourth-order valence-electron chi connectivity index (χ4n) is 2.93. The summed E-state index contributed by atoms with van der Waals surface area (Å²) in [6, 6.07) is 6.64. The second-order valence-electron chi connectivity index (χ2n) is 5.90. The fourth-order valence-corrected chi connectivity index (χ4v) is 2.93. The highest BCUT2D eigenvalue weighted by molar-refractivity contribution is 5.74. The predicted octanol–water partition coefficient (Wildman–Crippen LogP) is 2.21. The van der Waals surface area contributed by atoms with Gasteiger partial charge in [-0.1, -0.05) is 13.0 Å². The third-order valence-corrected chi connectivity index (χ3v) is 4.15. The second kappa shape index (κ2) is 8.72. The Labute approximate surface area is 137 Å². The Morgan fingerprint density at radius 1 is 1.39 bits per heavy atom. The van der Waals surface area contributed by atoms with E-state index in [9.17, 15) is 9.18 Å². The number of nitrogens with one attached hydrogen (secondary N) is 1. The second-order valence-corrected chi connectivity index (χ2v) is 5.90. The third kappa shape index (κ3) is 5.10. The van der Waals surface area contributed by atoms with Crippen LogP contribution in [0.4, 0.5) is 14.9 Å². The van der Waals surface area contributed by atoms with Crippen LogP contribution in [0.2, 0.25) is 0 Å². The number of anilines is 1. The minimum atomic E-state index is -0.225. The van der Waals surface area contributed by atoms with Crippen molar-refractivity contribution in [2.45, 2.75) is 32.2 Å². The van der Waals surface area contributed by atoms with Crippen LogP contribution >= 0.6 is 0 Å². The molecule has 0 atom stereocenters. The monoisotopic (exact) mass is 323 g/mol. The highest BCUT2D eigenvalue weighted by Crippen LogP contribution is 2.20. The number of nitrogens with zero attached hydrogens (tertiary/aromatic N) is 2. The van der Waals surface area contributed by atoms with Crippen LogP contribution in [0.15, 0.2) is 24.3 Å². The van der Waals surface area contributed by atoms with Gasteiger partial charge in [-0.15, -0.1) is 0 Å². The van der Waals surface area contributed by atoms with Crippen molar-refractivity contribution in [1.29, 1.82) is 0 Å². The molecule has 23 heavy (non-hydrogen) atoms. The number of hydrogen-bond acceptors (Lipinski definition) is 3. The predicted molar refractivity (Wildman–Crippen MR) is 89.1 cm³/mol. The van der Waals surface area contributed by atoms with Crippen LogP contribution in [0.3, 0.4) is 0 Å². The van der Waals surface area contributed by atoms with Crippen molar-refractivity contribution in [1.82, 2.24) is 10.2 Å². The topological polar surface area (TPSA) is 55.8 Å². The van der Waals surface area contributed by atoms with E-state index in [1.165, 1.54) is 6.07 Å². The molecule has 0 unspecified atom stereocenters. The molecule has 6 heteroatoms. The first-order chi connectivity index (χ1) is 11.1. The van der Waals surface area contributed by atoms with Gasteiger partial charge in [0.15, 0.2) is 0 Å². The molecule has 1 heterocycles. The van der Waals surface area contributed by atoms with Crippen LogP contribution < -0.4 is 10.2 Å². The number of halogens is 1.